The van der Waals surface area contributed by atoms with E-state index in [-0.39, 0.29) is 35.2 Å². The number of fused-ring (bicyclic) bond motifs is 2. The Kier molecular flexibility index (Phi) is 8.21. The molecular weight excluding hydrogens is 523 g/mol. The third-order valence-electron chi connectivity index (χ3n) is 8.03. The maximum atomic E-state index is 14.3. The van der Waals surface area contributed by atoms with Crippen LogP contribution in [0.25, 0.3) is 16.6 Å². The lowest BCUT2D eigenvalue weighted by Crippen LogP contribution is -2.36. The van der Waals surface area contributed by atoms with E-state index in [2.05, 4.69) is 49.6 Å². The van der Waals surface area contributed by atoms with Crippen molar-refractivity contribution in [3.63, 3.8) is 0 Å². The highest BCUT2D eigenvalue weighted by Crippen LogP contribution is 2.38. The van der Waals surface area contributed by atoms with Crippen molar-refractivity contribution in [3.05, 3.63) is 72.8 Å². The summed E-state index contributed by atoms with van der Waals surface area (Å²) in [6, 6.07) is 13.4. The summed E-state index contributed by atoms with van der Waals surface area (Å²) in [5.74, 6) is -0.832. The Labute approximate surface area is 239 Å². The quantitative estimate of drug-likeness (QED) is 0.329. The van der Waals surface area contributed by atoms with Gasteiger partial charge in [0.1, 0.15) is 17.8 Å². The van der Waals surface area contributed by atoms with Crippen LogP contribution >= 0.6 is 0 Å². The number of para-hydroxylation sites is 1. The number of rotatable bonds is 6. The molecule has 0 spiro atoms. The summed E-state index contributed by atoms with van der Waals surface area (Å²) in [4.78, 5) is 35.7. The van der Waals surface area contributed by atoms with Gasteiger partial charge in [-0.25, -0.2) is 14.1 Å². The lowest BCUT2D eigenvalue weighted by Gasteiger charge is -2.28. The molecule has 4 aromatic rings. The van der Waals surface area contributed by atoms with Crippen molar-refractivity contribution in [3.8, 4) is 5.69 Å². The van der Waals surface area contributed by atoms with Crippen LogP contribution in [0, 0.1) is 17.7 Å². The van der Waals surface area contributed by atoms with Gasteiger partial charge in [-0.1, -0.05) is 25.1 Å². The summed E-state index contributed by atoms with van der Waals surface area (Å²) < 4.78 is 20.8. The predicted octanol–water partition coefficient (Wildman–Crippen LogP) is 5.01. The highest BCUT2D eigenvalue weighted by molar-refractivity contribution is 6.06. The summed E-state index contributed by atoms with van der Waals surface area (Å²) >= 11 is 0. The van der Waals surface area contributed by atoms with Gasteiger partial charge >= 0.3 is 0 Å². The zero-order chi connectivity index (χ0) is 29.3. The van der Waals surface area contributed by atoms with Gasteiger partial charge in [0, 0.05) is 43.0 Å². The van der Waals surface area contributed by atoms with Crippen LogP contribution in [0.1, 0.15) is 45.1 Å². The molecule has 2 aliphatic heterocycles. The zero-order valence-corrected chi connectivity index (χ0v) is 24.2. The fraction of sp³-hybridized carbons (Fsp3) is 0.419. The molecule has 0 N–H and O–H groups in total. The van der Waals surface area contributed by atoms with E-state index in [9.17, 15) is 14.0 Å². The van der Waals surface area contributed by atoms with Crippen LogP contribution in [-0.2, 0) is 4.79 Å². The SMILES string of the molecule is CCN(C(C)C)C(C)C.O=C(c1cocn1)N1C[C@@H]2CN(c3cccc4c3cnn4-c3ccccc3F)C(=O)[C@H]2C1. The maximum Gasteiger partial charge on any atom is 0.275 e. The first-order chi connectivity index (χ1) is 19.7. The van der Waals surface area contributed by atoms with Gasteiger partial charge in [0.2, 0.25) is 5.91 Å². The fourth-order valence-electron chi connectivity index (χ4n) is 6.14. The van der Waals surface area contributed by atoms with Crippen LogP contribution < -0.4 is 4.90 Å². The van der Waals surface area contributed by atoms with Crippen LogP contribution in [0.3, 0.4) is 0 Å². The second-order valence-electron chi connectivity index (χ2n) is 11.1. The number of nitrogens with zero attached hydrogens (tertiary/aromatic N) is 6. The zero-order valence-electron chi connectivity index (χ0n) is 24.2. The van der Waals surface area contributed by atoms with Crippen molar-refractivity contribution in [1.82, 2.24) is 24.6 Å². The number of amides is 2. The van der Waals surface area contributed by atoms with Crippen molar-refractivity contribution >= 4 is 28.4 Å². The van der Waals surface area contributed by atoms with E-state index < -0.39 is 0 Å². The van der Waals surface area contributed by atoms with Crippen LogP contribution in [0.4, 0.5) is 10.1 Å². The number of oxazole rings is 1. The molecule has 2 atom stereocenters. The number of hydrogen-bond acceptors (Lipinski definition) is 6. The molecule has 2 saturated heterocycles. The third-order valence-corrected chi connectivity index (χ3v) is 8.03. The smallest absolute Gasteiger partial charge is 0.275 e. The molecule has 2 aromatic carbocycles. The Morgan fingerprint density at radius 2 is 1.78 bits per heavy atom. The highest BCUT2D eigenvalue weighted by Gasteiger charge is 2.48. The fourth-order valence-corrected chi connectivity index (χ4v) is 6.14. The molecule has 0 radical (unpaired) electrons. The first-order valence-corrected chi connectivity index (χ1v) is 14.2. The Balaban J connectivity index is 0.000000327. The van der Waals surface area contributed by atoms with Crippen LogP contribution in [0.2, 0.25) is 0 Å². The molecule has 10 heteroatoms. The number of hydrogen-bond donors (Lipinski definition) is 0. The van der Waals surface area contributed by atoms with Gasteiger partial charge in [0.15, 0.2) is 12.1 Å². The summed E-state index contributed by atoms with van der Waals surface area (Å²) in [6.07, 6.45) is 4.20. The van der Waals surface area contributed by atoms with Crippen molar-refractivity contribution in [2.45, 2.75) is 46.7 Å². The van der Waals surface area contributed by atoms with E-state index in [4.69, 9.17) is 4.42 Å². The molecule has 2 aromatic heterocycles. The molecule has 2 aliphatic rings. The van der Waals surface area contributed by atoms with E-state index in [1.165, 1.54) is 18.7 Å². The minimum atomic E-state index is -0.369. The number of carbonyl (C=O) groups is 2. The Morgan fingerprint density at radius 3 is 2.39 bits per heavy atom. The summed E-state index contributed by atoms with van der Waals surface area (Å²) in [5.41, 5.74) is 2.07. The number of benzene rings is 2. The standard InChI is InChI=1S/C23H18FN5O3.C8H19N/c24-17-4-1-2-5-21(17)29-20-7-3-6-19(15(20)8-26-29)28-10-14-9-27(11-16(14)22(28)30)23(31)18-12-32-13-25-18;1-6-9(7(2)3)8(4)5/h1-8,12-14,16H,9-11H2;7-8H,6H2,1-5H3/t14-,16+;/m1./s1. The normalized spacial score (nSPS) is 18.5. The van der Waals surface area contributed by atoms with E-state index in [1.807, 2.05) is 18.2 Å². The van der Waals surface area contributed by atoms with Crippen molar-refractivity contribution in [1.29, 1.82) is 0 Å². The summed E-state index contributed by atoms with van der Waals surface area (Å²) in [5, 5.41) is 5.17. The lowest BCUT2D eigenvalue weighted by atomic mass is 10.0. The highest BCUT2D eigenvalue weighted by atomic mass is 19.1. The van der Waals surface area contributed by atoms with Gasteiger partial charge in [-0.2, -0.15) is 5.10 Å². The third kappa shape index (κ3) is 5.48. The minimum absolute atomic E-state index is 0.0170. The predicted molar refractivity (Wildman–Crippen MR) is 155 cm³/mol. The Hall–Kier alpha value is -4.05. The second-order valence-corrected chi connectivity index (χ2v) is 11.1. The molecule has 0 unspecified atom stereocenters. The molecule has 4 heterocycles. The maximum absolute atomic E-state index is 14.3. The monoisotopic (exact) mass is 560 g/mol. The van der Waals surface area contributed by atoms with Gasteiger partial charge in [0.05, 0.1) is 23.3 Å². The van der Waals surface area contributed by atoms with Gasteiger partial charge in [-0.05, 0) is 58.5 Å². The average molecular weight is 561 g/mol. The molecule has 2 amide bonds. The Morgan fingerprint density at radius 1 is 1.05 bits per heavy atom. The van der Waals surface area contributed by atoms with Crippen LogP contribution in [-0.4, -0.2) is 74.6 Å². The molecule has 0 bridgehead atoms. The Bertz CT molecular complexity index is 1510. The van der Waals surface area contributed by atoms with E-state index in [1.54, 1.807) is 38.9 Å². The first kappa shape index (κ1) is 28.5. The number of likely N-dealkylation sites (tertiary alicyclic amines) is 1. The van der Waals surface area contributed by atoms with Crippen molar-refractivity contribution < 1.29 is 18.4 Å². The van der Waals surface area contributed by atoms with E-state index in [0.29, 0.717) is 37.4 Å². The molecular formula is C31H37FN6O3. The largest absolute Gasteiger partial charge is 0.451 e. The van der Waals surface area contributed by atoms with Gasteiger partial charge < -0.3 is 14.2 Å². The molecule has 6 rings (SSSR count). The molecule has 2 fully saturated rings. The number of anilines is 1. The molecule has 0 saturated carbocycles. The molecule has 9 nitrogen and oxygen atoms in total. The van der Waals surface area contributed by atoms with Crippen molar-refractivity contribution in [2.24, 2.45) is 11.8 Å². The van der Waals surface area contributed by atoms with Crippen molar-refractivity contribution in [2.75, 3.05) is 31.1 Å². The van der Waals surface area contributed by atoms with Crippen LogP contribution in [0.15, 0.2) is 65.7 Å². The van der Waals surface area contributed by atoms with Gasteiger partial charge in [0.25, 0.3) is 5.91 Å². The number of carbonyl (C=O) groups excluding carboxylic acids is 2. The topological polar surface area (TPSA) is 87.7 Å². The summed E-state index contributed by atoms with van der Waals surface area (Å²) in [7, 11) is 0. The van der Waals surface area contributed by atoms with Crippen LogP contribution in [0.5, 0.6) is 0 Å². The first-order valence-electron chi connectivity index (χ1n) is 14.2. The van der Waals surface area contributed by atoms with Gasteiger partial charge in [-0.3, -0.25) is 14.5 Å². The number of aromatic nitrogens is 3. The second kappa shape index (κ2) is 11.8. The molecule has 0 aliphatic carbocycles. The van der Waals surface area contributed by atoms with E-state index >= 15 is 0 Å². The average Bonchev–Trinajstić information content (AvgIpc) is 3.74. The van der Waals surface area contributed by atoms with Gasteiger partial charge in [-0.15, -0.1) is 0 Å². The molecule has 216 valence electrons. The molecule has 41 heavy (non-hydrogen) atoms. The lowest BCUT2D eigenvalue weighted by molar-refractivity contribution is -0.120. The summed E-state index contributed by atoms with van der Waals surface area (Å²) in [6.45, 7) is 13.7. The van der Waals surface area contributed by atoms with E-state index in [0.717, 1.165) is 23.1 Å². The minimum Gasteiger partial charge on any atom is -0.451 e. The number of halogens is 1.